The summed E-state index contributed by atoms with van der Waals surface area (Å²) in [6.45, 7) is 2.27. The van der Waals surface area contributed by atoms with Gasteiger partial charge in [-0.05, 0) is 12.8 Å². The van der Waals surface area contributed by atoms with Crippen molar-refractivity contribution in [3.8, 4) is 11.8 Å². The minimum absolute atomic E-state index is 0.212. The van der Waals surface area contributed by atoms with Crippen LogP contribution in [0.15, 0.2) is 0 Å². The largest absolute Gasteiger partial charge is 0.461 e. The number of carbonyl (C=O) groups excluding carboxylic acids is 2. The number of carbonyl (C=O) groups is 2. The first-order chi connectivity index (χ1) is 7.72. The summed E-state index contributed by atoms with van der Waals surface area (Å²) in [6, 6.07) is 0. The molecule has 0 aliphatic carbocycles. The molecule has 5 nitrogen and oxygen atoms in total. The van der Waals surface area contributed by atoms with Crippen molar-refractivity contribution in [1.29, 1.82) is 0 Å². The predicted molar refractivity (Wildman–Crippen MR) is 56.0 cm³/mol. The van der Waals surface area contributed by atoms with Crippen molar-refractivity contribution in [2.45, 2.75) is 32.6 Å². The van der Waals surface area contributed by atoms with E-state index in [2.05, 4.69) is 33.3 Å². The van der Waals surface area contributed by atoms with Gasteiger partial charge in [-0.25, -0.2) is 9.59 Å². The Morgan fingerprint density at radius 1 is 1.12 bits per heavy atom. The van der Waals surface area contributed by atoms with Crippen LogP contribution < -0.4 is 0 Å². The summed E-state index contributed by atoms with van der Waals surface area (Å²) >= 11 is 0. The Labute approximate surface area is 95.0 Å². The second-order valence-corrected chi connectivity index (χ2v) is 2.89. The van der Waals surface area contributed by atoms with E-state index in [0.717, 1.165) is 20.0 Å². The fourth-order valence-electron chi connectivity index (χ4n) is 0.734. The number of methoxy groups -OCH3 is 1. The minimum atomic E-state index is -1.15. The molecule has 0 saturated carbocycles. The van der Waals surface area contributed by atoms with Crippen LogP contribution in [0.4, 0.5) is 0 Å². The van der Waals surface area contributed by atoms with Crippen LogP contribution >= 0.6 is 0 Å². The molecule has 0 heterocycles. The van der Waals surface area contributed by atoms with Gasteiger partial charge in [-0.1, -0.05) is 6.92 Å². The third kappa shape index (κ3) is 7.83. The Balaban J connectivity index is 3.38. The molecular formula is C11H16O5. The molecule has 90 valence electrons. The van der Waals surface area contributed by atoms with Crippen LogP contribution in [0.2, 0.25) is 0 Å². The van der Waals surface area contributed by atoms with Gasteiger partial charge in [-0.3, -0.25) is 4.89 Å². The molecule has 0 aromatic heterocycles. The Hall–Kier alpha value is -1.54. The maximum absolute atomic E-state index is 10.7. The average Bonchev–Trinajstić information content (AvgIpc) is 2.31. The fraction of sp³-hybridized carbons (Fsp3) is 0.636. The SMILES string of the molecule is CCCC#CCCCOOC(=O)C(=O)OC. The monoisotopic (exact) mass is 228 g/mol. The number of esters is 1. The molecule has 0 rings (SSSR count). The van der Waals surface area contributed by atoms with E-state index in [4.69, 9.17) is 0 Å². The molecule has 5 heteroatoms. The third-order valence-electron chi connectivity index (χ3n) is 1.52. The second-order valence-electron chi connectivity index (χ2n) is 2.89. The van der Waals surface area contributed by atoms with Gasteiger partial charge in [0.05, 0.1) is 13.7 Å². The van der Waals surface area contributed by atoms with Crippen LogP contribution in [0.5, 0.6) is 0 Å². The molecular weight excluding hydrogens is 212 g/mol. The molecule has 0 aromatic carbocycles. The van der Waals surface area contributed by atoms with E-state index < -0.39 is 11.9 Å². The smallest absolute Gasteiger partial charge is 0.449 e. The Morgan fingerprint density at radius 3 is 2.44 bits per heavy atom. The fourth-order valence-corrected chi connectivity index (χ4v) is 0.734. The topological polar surface area (TPSA) is 61.8 Å². The summed E-state index contributed by atoms with van der Waals surface area (Å²) in [6.07, 6.45) is 3.25. The molecule has 0 atom stereocenters. The molecule has 0 saturated heterocycles. The van der Waals surface area contributed by atoms with Gasteiger partial charge in [0.1, 0.15) is 0 Å². The molecule has 0 spiro atoms. The van der Waals surface area contributed by atoms with Gasteiger partial charge in [-0.15, -0.1) is 11.8 Å². The van der Waals surface area contributed by atoms with E-state index in [1.165, 1.54) is 0 Å². The second kappa shape index (κ2) is 9.99. The maximum atomic E-state index is 10.7. The predicted octanol–water partition coefficient (Wildman–Crippen LogP) is 1.22. The molecule has 0 fully saturated rings. The molecule has 0 bridgehead atoms. The van der Waals surface area contributed by atoms with E-state index in [1.54, 1.807) is 0 Å². The normalized spacial score (nSPS) is 8.88. The molecule has 16 heavy (non-hydrogen) atoms. The van der Waals surface area contributed by atoms with Crippen LogP contribution in [0.3, 0.4) is 0 Å². The van der Waals surface area contributed by atoms with Crippen molar-refractivity contribution in [2.75, 3.05) is 13.7 Å². The number of unbranched alkanes of at least 4 members (excludes halogenated alkanes) is 2. The lowest BCUT2D eigenvalue weighted by Gasteiger charge is -2.00. The van der Waals surface area contributed by atoms with E-state index in [-0.39, 0.29) is 6.61 Å². The van der Waals surface area contributed by atoms with Gasteiger partial charge in [0.25, 0.3) is 0 Å². The summed E-state index contributed by atoms with van der Waals surface area (Å²) < 4.78 is 4.12. The lowest BCUT2D eigenvalue weighted by molar-refractivity contribution is -0.272. The summed E-state index contributed by atoms with van der Waals surface area (Å²) in [5, 5.41) is 0. The van der Waals surface area contributed by atoms with E-state index in [1.807, 2.05) is 0 Å². The van der Waals surface area contributed by atoms with Crippen LogP contribution in [0.25, 0.3) is 0 Å². The molecule has 0 radical (unpaired) electrons. The maximum Gasteiger partial charge on any atom is 0.449 e. The Kier molecular flexibility index (Phi) is 9.03. The quantitative estimate of drug-likeness (QED) is 0.177. The molecule has 0 aliphatic rings. The van der Waals surface area contributed by atoms with Crippen molar-refractivity contribution in [3.63, 3.8) is 0 Å². The van der Waals surface area contributed by atoms with Gasteiger partial charge in [0.15, 0.2) is 0 Å². The molecule has 0 amide bonds. The zero-order valence-corrected chi connectivity index (χ0v) is 9.58. The van der Waals surface area contributed by atoms with E-state index >= 15 is 0 Å². The van der Waals surface area contributed by atoms with Gasteiger partial charge in [0, 0.05) is 12.8 Å². The summed E-state index contributed by atoms with van der Waals surface area (Å²) in [5.74, 6) is 3.69. The van der Waals surface area contributed by atoms with Crippen LogP contribution in [0.1, 0.15) is 32.6 Å². The van der Waals surface area contributed by atoms with Gasteiger partial charge >= 0.3 is 11.9 Å². The van der Waals surface area contributed by atoms with Crippen molar-refractivity contribution < 1.29 is 24.1 Å². The number of hydrogen-bond acceptors (Lipinski definition) is 5. The molecule has 0 aliphatic heterocycles. The first-order valence-electron chi connectivity index (χ1n) is 5.09. The van der Waals surface area contributed by atoms with Gasteiger partial charge < -0.3 is 4.74 Å². The number of hydrogen-bond donors (Lipinski definition) is 0. The highest BCUT2D eigenvalue weighted by atomic mass is 17.2. The van der Waals surface area contributed by atoms with Crippen LogP contribution in [-0.2, 0) is 24.1 Å². The van der Waals surface area contributed by atoms with Crippen molar-refractivity contribution in [3.05, 3.63) is 0 Å². The molecule has 0 aromatic rings. The van der Waals surface area contributed by atoms with Crippen molar-refractivity contribution >= 4 is 11.9 Å². The first kappa shape index (κ1) is 14.5. The summed E-state index contributed by atoms with van der Waals surface area (Å²) in [5.41, 5.74) is 0. The van der Waals surface area contributed by atoms with E-state index in [0.29, 0.717) is 12.8 Å². The van der Waals surface area contributed by atoms with Gasteiger partial charge in [-0.2, -0.15) is 4.89 Å². The summed E-state index contributed by atoms with van der Waals surface area (Å²) in [4.78, 5) is 29.9. The zero-order chi connectivity index (χ0) is 12.2. The first-order valence-corrected chi connectivity index (χ1v) is 5.09. The standard InChI is InChI=1S/C11H16O5/c1-3-4-5-6-7-8-9-15-16-11(13)10(12)14-2/h3-4,7-9H2,1-2H3. The van der Waals surface area contributed by atoms with Crippen LogP contribution in [0, 0.1) is 11.8 Å². The van der Waals surface area contributed by atoms with Gasteiger partial charge in [0.2, 0.25) is 0 Å². The third-order valence-corrected chi connectivity index (χ3v) is 1.52. The number of ether oxygens (including phenoxy) is 1. The molecule has 0 unspecified atom stereocenters. The average molecular weight is 228 g/mol. The Morgan fingerprint density at radius 2 is 1.81 bits per heavy atom. The molecule has 0 N–H and O–H groups in total. The zero-order valence-electron chi connectivity index (χ0n) is 9.58. The summed E-state index contributed by atoms with van der Waals surface area (Å²) in [7, 11) is 1.09. The van der Waals surface area contributed by atoms with Crippen LogP contribution in [-0.4, -0.2) is 25.7 Å². The van der Waals surface area contributed by atoms with E-state index in [9.17, 15) is 9.59 Å². The van der Waals surface area contributed by atoms with Crippen molar-refractivity contribution in [1.82, 2.24) is 0 Å². The number of rotatable bonds is 5. The van der Waals surface area contributed by atoms with Crippen molar-refractivity contribution in [2.24, 2.45) is 0 Å². The highest BCUT2D eigenvalue weighted by Gasteiger charge is 2.16. The highest BCUT2D eigenvalue weighted by Crippen LogP contribution is 1.92. The highest BCUT2D eigenvalue weighted by molar-refractivity contribution is 6.29. The lowest BCUT2D eigenvalue weighted by atomic mass is 10.3. The lowest BCUT2D eigenvalue weighted by Crippen LogP contribution is -2.19. The minimum Gasteiger partial charge on any atom is -0.461 e. The Bertz CT molecular complexity index is 274.